The second kappa shape index (κ2) is 2.88. The molecule has 0 saturated heterocycles. The molecule has 1 rings (SSSR count). The zero-order valence-electron chi connectivity index (χ0n) is 5.90. The second-order valence-corrected chi connectivity index (χ2v) is 1.93. The third-order valence-electron chi connectivity index (χ3n) is 1.27. The van der Waals surface area contributed by atoms with Crippen molar-refractivity contribution in [3.63, 3.8) is 0 Å². The minimum Gasteiger partial charge on any atom is -0.312 e. The van der Waals surface area contributed by atoms with Crippen LogP contribution in [0, 0.1) is 12.3 Å². The van der Waals surface area contributed by atoms with Gasteiger partial charge in [0.2, 0.25) is 6.41 Å². The van der Waals surface area contributed by atoms with Crippen molar-refractivity contribution in [3.05, 3.63) is 32.6 Å². The summed E-state index contributed by atoms with van der Waals surface area (Å²) < 4.78 is 0.370. The predicted octanol–water partition coefficient (Wildman–Crippen LogP) is -1.44. The van der Waals surface area contributed by atoms with Crippen molar-refractivity contribution in [1.82, 2.24) is 9.55 Å². The summed E-state index contributed by atoms with van der Waals surface area (Å²) in [6.07, 6.45) is 6.12. The Hall–Kier alpha value is -2.09. The van der Waals surface area contributed by atoms with Crippen LogP contribution in [0.1, 0.15) is 5.56 Å². The maximum Gasteiger partial charge on any atom is 0.335 e. The van der Waals surface area contributed by atoms with Crippen LogP contribution in [0.2, 0.25) is 0 Å². The van der Waals surface area contributed by atoms with Gasteiger partial charge in [0.15, 0.2) is 0 Å². The number of carbonyl (C=O) groups is 1. The number of nitrogens with zero attached hydrogens (tertiary/aromatic N) is 1. The maximum atomic E-state index is 11.0. The normalized spacial score (nSPS) is 8.92. The Morgan fingerprint density at radius 2 is 2.25 bits per heavy atom. The van der Waals surface area contributed by atoms with Crippen LogP contribution in [0.4, 0.5) is 0 Å². The Morgan fingerprint density at radius 3 is 2.75 bits per heavy atom. The average molecular weight is 164 g/mol. The first-order chi connectivity index (χ1) is 5.70. The van der Waals surface area contributed by atoms with E-state index in [9.17, 15) is 14.4 Å². The van der Waals surface area contributed by atoms with E-state index in [1.807, 2.05) is 5.92 Å². The van der Waals surface area contributed by atoms with Gasteiger partial charge in [-0.1, -0.05) is 5.92 Å². The topological polar surface area (TPSA) is 71.9 Å². The van der Waals surface area contributed by atoms with Crippen molar-refractivity contribution >= 4 is 6.41 Å². The van der Waals surface area contributed by atoms with E-state index >= 15 is 0 Å². The summed E-state index contributed by atoms with van der Waals surface area (Å²) in [6, 6.07) is 0. The number of rotatable bonds is 1. The van der Waals surface area contributed by atoms with Gasteiger partial charge in [-0.25, -0.2) is 4.79 Å². The number of hydrogen-bond donors (Lipinski definition) is 1. The Kier molecular flexibility index (Phi) is 1.92. The van der Waals surface area contributed by atoms with Gasteiger partial charge in [0.25, 0.3) is 5.56 Å². The van der Waals surface area contributed by atoms with Gasteiger partial charge in [0.1, 0.15) is 5.56 Å². The van der Waals surface area contributed by atoms with Gasteiger partial charge in [-0.2, -0.15) is 4.57 Å². The van der Waals surface area contributed by atoms with Crippen molar-refractivity contribution in [3.8, 4) is 12.3 Å². The van der Waals surface area contributed by atoms with Crippen LogP contribution in [-0.2, 0) is 4.79 Å². The summed E-state index contributed by atoms with van der Waals surface area (Å²) in [5, 5.41) is 0. The zero-order valence-corrected chi connectivity index (χ0v) is 5.90. The van der Waals surface area contributed by atoms with E-state index in [0.717, 1.165) is 6.20 Å². The number of aromatic nitrogens is 2. The first-order valence-corrected chi connectivity index (χ1v) is 2.97. The van der Waals surface area contributed by atoms with Crippen LogP contribution < -0.4 is 11.2 Å². The molecular formula is C7H4N2O3. The molecule has 0 saturated carbocycles. The highest BCUT2D eigenvalue weighted by atomic mass is 16.2. The quantitative estimate of drug-likeness (QED) is 0.408. The third kappa shape index (κ3) is 1.06. The Morgan fingerprint density at radius 1 is 1.58 bits per heavy atom. The van der Waals surface area contributed by atoms with E-state index in [4.69, 9.17) is 6.42 Å². The van der Waals surface area contributed by atoms with Gasteiger partial charge in [0.05, 0.1) is 0 Å². The molecule has 1 aromatic rings. The molecule has 0 radical (unpaired) electrons. The molecule has 0 spiro atoms. The molecule has 5 heteroatoms. The zero-order chi connectivity index (χ0) is 9.14. The molecule has 0 aromatic carbocycles. The molecule has 1 aromatic heterocycles. The molecule has 0 aliphatic rings. The van der Waals surface area contributed by atoms with Crippen LogP contribution in [0.15, 0.2) is 15.8 Å². The lowest BCUT2D eigenvalue weighted by Crippen LogP contribution is -2.35. The number of H-pyrrole nitrogens is 1. The number of hydrogen-bond acceptors (Lipinski definition) is 3. The number of terminal acetylenes is 1. The van der Waals surface area contributed by atoms with Crippen LogP contribution >= 0.6 is 0 Å². The van der Waals surface area contributed by atoms with E-state index in [1.54, 1.807) is 0 Å². The molecule has 60 valence electrons. The molecule has 0 amide bonds. The molecule has 0 unspecified atom stereocenters. The Labute approximate surface area is 66.7 Å². The number of aromatic amines is 1. The minimum absolute atomic E-state index is 0.0540. The van der Waals surface area contributed by atoms with Gasteiger partial charge >= 0.3 is 5.69 Å². The highest BCUT2D eigenvalue weighted by Gasteiger charge is 2.02. The van der Waals surface area contributed by atoms with Crippen molar-refractivity contribution in [2.75, 3.05) is 0 Å². The van der Waals surface area contributed by atoms with E-state index in [2.05, 4.69) is 4.98 Å². The maximum absolute atomic E-state index is 11.0. The van der Waals surface area contributed by atoms with Crippen LogP contribution in [0.3, 0.4) is 0 Å². The Balaban J connectivity index is 3.70. The summed E-state index contributed by atoms with van der Waals surface area (Å²) in [6.45, 7) is 0. The highest BCUT2D eigenvalue weighted by molar-refractivity contribution is 5.52. The first-order valence-electron chi connectivity index (χ1n) is 2.97. The molecular weight excluding hydrogens is 160 g/mol. The average Bonchev–Trinajstić information content (AvgIpc) is 2.06. The molecule has 0 aliphatic carbocycles. The standard InChI is InChI=1S/C7H4N2O3/c1-2-5-3-8-7(12)9(4-10)6(5)11/h1,3-4H,(H,8,12). The smallest absolute Gasteiger partial charge is 0.312 e. The first kappa shape index (κ1) is 8.01. The molecule has 5 nitrogen and oxygen atoms in total. The fourth-order valence-electron chi connectivity index (χ4n) is 0.686. The molecule has 1 N–H and O–H groups in total. The lowest BCUT2D eigenvalue weighted by Gasteiger charge is -1.92. The number of carbonyl (C=O) groups excluding carboxylic acids is 1. The fraction of sp³-hybridized carbons (Fsp3) is 0. The van der Waals surface area contributed by atoms with Crippen molar-refractivity contribution in [2.45, 2.75) is 0 Å². The summed E-state index contributed by atoms with van der Waals surface area (Å²) in [4.78, 5) is 34.1. The van der Waals surface area contributed by atoms with E-state index < -0.39 is 11.2 Å². The largest absolute Gasteiger partial charge is 0.335 e. The summed E-state index contributed by atoms with van der Waals surface area (Å²) in [7, 11) is 0. The van der Waals surface area contributed by atoms with Gasteiger partial charge in [-0.15, -0.1) is 6.42 Å². The van der Waals surface area contributed by atoms with Crippen molar-refractivity contribution in [1.29, 1.82) is 0 Å². The molecule has 1 heterocycles. The van der Waals surface area contributed by atoms with E-state index in [-0.39, 0.29) is 12.0 Å². The Bertz CT molecular complexity index is 461. The minimum atomic E-state index is -0.797. The van der Waals surface area contributed by atoms with Crippen LogP contribution in [-0.4, -0.2) is 16.0 Å². The molecule has 0 aliphatic heterocycles. The SMILES string of the molecule is C#Cc1c[nH]c(=O)n(C=O)c1=O. The van der Waals surface area contributed by atoms with E-state index in [1.165, 1.54) is 0 Å². The predicted molar refractivity (Wildman–Crippen MR) is 41.4 cm³/mol. The lowest BCUT2D eigenvalue weighted by molar-refractivity contribution is 0.542. The van der Waals surface area contributed by atoms with Gasteiger partial charge in [-0.3, -0.25) is 9.59 Å². The molecule has 0 atom stereocenters. The van der Waals surface area contributed by atoms with Crippen LogP contribution in [0.25, 0.3) is 0 Å². The van der Waals surface area contributed by atoms with Gasteiger partial charge in [-0.05, 0) is 0 Å². The van der Waals surface area contributed by atoms with Gasteiger partial charge in [0, 0.05) is 6.20 Å². The van der Waals surface area contributed by atoms with Crippen molar-refractivity contribution < 1.29 is 4.79 Å². The van der Waals surface area contributed by atoms with Crippen LogP contribution in [0.5, 0.6) is 0 Å². The molecule has 0 bridgehead atoms. The summed E-state index contributed by atoms with van der Waals surface area (Å²) in [5.41, 5.74) is -1.63. The second-order valence-electron chi connectivity index (χ2n) is 1.93. The number of nitrogens with one attached hydrogen (secondary N) is 1. The summed E-state index contributed by atoms with van der Waals surface area (Å²) in [5.74, 6) is 2.03. The van der Waals surface area contributed by atoms with E-state index in [0.29, 0.717) is 4.57 Å². The lowest BCUT2D eigenvalue weighted by atomic mass is 10.3. The van der Waals surface area contributed by atoms with Crippen molar-refractivity contribution in [2.24, 2.45) is 0 Å². The van der Waals surface area contributed by atoms with Gasteiger partial charge < -0.3 is 4.98 Å². The molecule has 0 fully saturated rings. The fourth-order valence-corrected chi connectivity index (χ4v) is 0.686. The highest BCUT2D eigenvalue weighted by Crippen LogP contribution is 1.77. The molecule has 12 heavy (non-hydrogen) atoms. The third-order valence-corrected chi connectivity index (χ3v) is 1.27. The monoisotopic (exact) mass is 164 g/mol. The summed E-state index contributed by atoms with van der Waals surface area (Å²) >= 11 is 0.